The SMILES string of the molecule is CCN(CC)C(=O)C1CCCN(Cc2cccc(OCCC3CCOC3)c2)C1. The highest BCUT2D eigenvalue weighted by Gasteiger charge is 2.28. The van der Waals surface area contributed by atoms with Crippen molar-refractivity contribution in [3.63, 3.8) is 0 Å². The van der Waals surface area contributed by atoms with Gasteiger partial charge in [0.25, 0.3) is 0 Å². The number of ether oxygens (including phenoxy) is 2. The number of benzene rings is 1. The fourth-order valence-corrected chi connectivity index (χ4v) is 4.34. The average Bonchev–Trinajstić information content (AvgIpc) is 3.23. The maximum atomic E-state index is 12.7. The Morgan fingerprint density at radius 3 is 2.89 bits per heavy atom. The van der Waals surface area contributed by atoms with E-state index in [0.717, 1.165) is 84.0 Å². The number of rotatable bonds is 9. The van der Waals surface area contributed by atoms with Gasteiger partial charge in [-0.05, 0) is 69.7 Å². The van der Waals surface area contributed by atoms with Crippen LogP contribution in [0.3, 0.4) is 0 Å². The van der Waals surface area contributed by atoms with Crippen LogP contribution in [0.2, 0.25) is 0 Å². The predicted molar refractivity (Wildman–Crippen MR) is 111 cm³/mol. The van der Waals surface area contributed by atoms with Gasteiger partial charge in [0.1, 0.15) is 5.75 Å². The number of piperidine rings is 1. The lowest BCUT2D eigenvalue weighted by Gasteiger charge is -2.34. The van der Waals surface area contributed by atoms with E-state index >= 15 is 0 Å². The van der Waals surface area contributed by atoms with Gasteiger partial charge in [0.05, 0.1) is 12.5 Å². The molecule has 1 aromatic carbocycles. The first kappa shape index (κ1) is 21.1. The van der Waals surface area contributed by atoms with Gasteiger partial charge in [-0.15, -0.1) is 0 Å². The molecule has 2 fully saturated rings. The Hall–Kier alpha value is -1.59. The Balaban J connectivity index is 1.49. The summed E-state index contributed by atoms with van der Waals surface area (Å²) in [5, 5.41) is 0. The van der Waals surface area contributed by atoms with Gasteiger partial charge in [-0.3, -0.25) is 9.69 Å². The molecular weight excluding hydrogens is 352 g/mol. The average molecular weight is 389 g/mol. The highest BCUT2D eigenvalue weighted by atomic mass is 16.5. The third-order valence-electron chi connectivity index (χ3n) is 6.05. The van der Waals surface area contributed by atoms with Crippen LogP contribution < -0.4 is 4.74 Å². The van der Waals surface area contributed by atoms with Gasteiger partial charge < -0.3 is 14.4 Å². The number of nitrogens with zero attached hydrogens (tertiary/aromatic N) is 2. The molecule has 1 aromatic rings. The van der Waals surface area contributed by atoms with Crippen LogP contribution >= 0.6 is 0 Å². The van der Waals surface area contributed by atoms with Gasteiger partial charge in [0.15, 0.2) is 0 Å². The van der Waals surface area contributed by atoms with Crippen LogP contribution in [0.4, 0.5) is 0 Å². The predicted octanol–water partition coefficient (Wildman–Crippen LogP) is 3.57. The highest BCUT2D eigenvalue weighted by molar-refractivity contribution is 5.79. The maximum absolute atomic E-state index is 12.7. The molecule has 0 aromatic heterocycles. The maximum Gasteiger partial charge on any atom is 0.226 e. The first-order valence-electron chi connectivity index (χ1n) is 11.0. The fraction of sp³-hybridized carbons (Fsp3) is 0.696. The minimum Gasteiger partial charge on any atom is -0.494 e. The quantitative estimate of drug-likeness (QED) is 0.649. The number of likely N-dealkylation sites (tertiary alicyclic amines) is 1. The van der Waals surface area contributed by atoms with Crippen molar-refractivity contribution < 1.29 is 14.3 Å². The molecule has 2 heterocycles. The van der Waals surface area contributed by atoms with Crippen LogP contribution in [-0.2, 0) is 16.1 Å². The van der Waals surface area contributed by atoms with Crippen molar-refractivity contribution in [1.29, 1.82) is 0 Å². The van der Waals surface area contributed by atoms with Crippen LogP contribution in [0.1, 0.15) is 45.1 Å². The van der Waals surface area contributed by atoms with E-state index in [9.17, 15) is 4.79 Å². The van der Waals surface area contributed by atoms with E-state index in [4.69, 9.17) is 9.47 Å². The number of hydrogen-bond donors (Lipinski definition) is 0. The lowest BCUT2D eigenvalue weighted by molar-refractivity contribution is -0.137. The second-order valence-corrected chi connectivity index (χ2v) is 8.10. The van der Waals surface area contributed by atoms with E-state index in [1.54, 1.807) is 0 Å². The van der Waals surface area contributed by atoms with Crippen molar-refractivity contribution in [3.8, 4) is 5.75 Å². The van der Waals surface area contributed by atoms with E-state index < -0.39 is 0 Å². The van der Waals surface area contributed by atoms with E-state index in [-0.39, 0.29) is 5.92 Å². The van der Waals surface area contributed by atoms with Crippen LogP contribution in [0.25, 0.3) is 0 Å². The van der Waals surface area contributed by atoms with Gasteiger partial charge >= 0.3 is 0 Å². The highest BCUT2D eigenvalue weighted by Crippen LogP contribution is 2.23. The molecule has 0 N–H and O–H groups in total. The van der Waals surface area contributed by atoms with Gasteiger partial charge in [-0.25, -0.2) is 0 Å². The van der Waals surface area contributed by atoms with E-state index in [1.807, 2.05) is 11.0 Å². The van der Waals surface area contributed by atoms with E-state index in [1.165, 1.54) is 5.56 Å². The number of carbonyl (C=O) groups excluding carboxylic acids is 1. The minimum atomic E-state index is 0.140. The summed E-state index contributed by atoms with van der Waals surface area (Å²) in [7, 11) is 0. The molecule has 2 saturated heterocycles. The van der Waals surface area contributed by atoms with Gasteiger partial charge in [0.2, 0.25) is 5.91 Å². The third kappa shape index (κ3) is 5.95. The van der Waals surface area contributed by atoms with Crippen LogP contribution in [0.15, 0.2) is 24.3 Å². The fourth-order valence-electron chi connectivity index (χ4n) is 4.34. The number of amides is 1. The first-order valence-corrected chi connectivity index (χ1v) is 11.0. The molecule has 28 heavy (non-hydrogen) atoms. The zero-order valence-electron chi connectivity index (χ0n) is 17.6. The molecule has 3 rings (SSSR count). The van der Waals surface area contributed by atoms with Gasteiger partial charge in [-0.2, -0.15) is 0 Å². The molecule has 0 saturated carbocycles. The molecular formula is C23H36N2O3. The summed E-state index contributed by atoms with van der Waals surface area (Å²) in [4.78, 5) is 17.1. The van der Waals surface area contributed by atoms with Crippen LogP contribution in [0, 0.1) is 11.8 Å². The molecule has 5 nitrogen and oxygen atoms in total. The summed E-state index contributed by atoms with van der Waals surface area (Å²) in [6.07, 6.45) is 4.33. The van der Waals surface area contributed by atoms with E-state index in [2.05, 4.69) is 36.9 Å². The third-order valence-corrected chi connectivity index (χ3v) is 6.05. The van der Waals surface area contributed by atoms with Crippen LogP contribution in [0.5, 0.6) is 5.75 Å². The van der Waals surface area contributed by atoms with Crippen molar-refractivity contribution in [2.75, 3.05) is 46.0 Å². The number of carbonyl (C=O) groups is 1. The summed E-state index contributed by atoms with van der Waals surface area (Å²) < 4.78 is 11.4. The van der Waals surface area contributed by atoms with Crippen molar-refractivity contribution >= 4 is 5.91 Å². The normalized spacial score (nSPS) is 22.9. The lowest BCUT2D eigenvalue weighted by Crippen LogP contribution is -2.44. The second-order valence-electron chi connectivity index (χ2n) is 8.10. The van der Waals surface area contributed by atoms with Crippen molar-refractivity contribution in [1.82, 2.24) is 9.80 Å². The summed E-state index contributed by atoms with van der Waals surface area (Å²) in [6, 6.07) is 8.43. The Bertz CT molecular complexity index is 612. The molecule has 2 atom stereocenters. The van der Waals surface area contributed by atoms with Crippen molar-refractivity contribution in [2.45, 2.75) is 46.1 Å². The molecule has 0 aliphatic carbocycles. The largest absolute Gasteiger partial charge is 0.494 e. The lowest BCUT2D eigenvalue weighted by atomic mass is 9.96. The molecule has 2 aliphatic rings. The molecule has 0 radical (unpaired) electrons. The second kappa shape index (κ2) is 10.8. The molecule has 5 heteroatoms. The molecule has 2 aliphatic heterocycles. The minimum absolute atomic E-state index is 0.140. The monoisotopic (exact) mass is 388 g/mol. The summed E-state index contributed by atoms with van der Waals surface area (Å²) in [6.45, 7) is 11.1. The Morgan fingerprint density at radius 2 is 2.14 bits per heavy atom. The molecule has 2 unspecified atom stereocenters. The van der Waals surface area contributed by atoms with Crippen molar-refractivity contribution in [2.24, 2.45) is 11.8 Å². The van der Waals surface area contributed by atoms with Crippen molar-refractivity contribution in [3.05, 3.63) is 29.8 Å². The standard InChI is InChI=1S/C23H36N2O3/c1-3-25(4-2)23(26)21-8-6-12-24(17-21)16-20-7-5-9-22(15-20)28-14-11-19-10-13-27-18-19/h5,7,9,15,19,21H,3-4,6,8,10-14,16-18H2,1-2H3. The zero-order chi connectivity index (χ0) is 19.8. The first-order chi connectivity index (χ1) is 13.7. The molecule has 156 valence electrons. The van der Waals surface area contributed by atoms with E-state index in [0.29, 0.717) is 11.8 Å². The topological polar surface area (TPSA) is 42.0 Å². The van der Waals surface area contributed by atoms with Gasteiger partial charge in [-0.1, -0.05) is 12.1 Å². The molecule has 1 amide bonds. The number of hydrogen-bond acceptors (Lipinski definition) is 4. The summed E-state index contributed by atoms with van der Waals surface area (Å²) in [5.41, 5.74) is 1.26. The summed E-state index contributed by atoms with van der Waals surface area (Å²) >= 11 is 0. The summed E-state index contributed by atoms with van der Waals surface area (Å²) in [5.74, 6) is 2.06. The Labute approximate surface area is 170 Å². The molecule has 0 bridgehead atoms. The zero-order valence-corrected chi connectivity index (χ0v) is 17.6. The van der Waals surface area contributed by atoms with Crippen LogP contribution in [-0.4, -0.2) is 61.7 Å². The Kier molecular flexibility index (Phi) is 8.16. The van der Waals surface area contributed by atoms with Gasteiger partial charge in [0, 0.05) is 39.4 Å². The molecule has 0 spiro atoms. The smallest absolute Gasteiger partial charge is 0.226 e. The Morgan fingerprint density at radius 1 is 1.29 bits per heavy atom.